The number of rotatable bonds is 0. The molecule has 0 heterocycles. The van der Waals surface area contributed by atoms with Crippen molar-refractivity contribution in [1.82, 2.24) is 0 Å². The third-order valence-electron chi connectivity index (χ3n) is 1.41. The van der Waals surface area contributed by atoms with Gasteiger partial charge < -0.3 is 0 Å². The van der Waals surface area contributed by atoms with Crippen molar-refractivity contribution in [1.29, 1.82) is 0 Å². The summed E-state index contributed by atoms with van der Waals surface area (Å²) in [7, 11) is 0. The largest absolute Gasteiger partial charge is 0.244 e. The molecule has 2 atom stereocenters. The molecule has 1 aliphatic carbocycles. The summed E-state index contributed by atoms with van der Waals surface area (Å²) in [6, 6.07) is 0. The second kappa shape index (κ2) is 1.96. The number of hydrogen-bond acceptors (Lipinski definition) is 0. The molecule has 3 heteroatoms. The Bertz CT molecular complexity index is 73.7. The summed E-state index contributed by atoms with van der Waals surface area (Å²) in [5.41, 5.74) is 0. The van der Waals surface area contributed by atoms with E-state index in [1.54, 1.807) is 0 Å². The molecule has 8 heavy (non-hydrogen) atoms. The molecular weight excluding hydrogens is 117 g/mol. The standard InChI is InChI=1S/C5H7F3/c6-3-1-2-4(7)5(3)8/h3-5H,1-2H2. The van der Waals surface area contributed by atoms with E-state index in [1.807, 2.05) is 0 Å². The lowest BCUT2D eigenvalue weighted by Crippen LogP contribution is -2.16. The van der Waals surface area contributed by atoms with Gasteiger partial charge in [0, 0.05) is 0 Å². The van der Waals surface area contributed by atoms with E-state index < -0.39 is 18.5 Å². The van der Waals surface area contributed by atoms with E-state index in [0.717, 1.165) is 0 Å². The minimum atomic E-state index is -1.85. The van der Waals surface area contributed by atoms with Crippen LogP contribution in [0.5, 0.6) is 0 Å². The Kier molecular flexibility index (Phi) is 1.45. The van der Waals surface area contributed by atoms with Crippen LogP contribution in [0.4, 0.5) is 13.2 Å². The van der Waals surface area contributed by atoms with Gasteiger partial charge in [0.15, 0.2) is 6.17 Å². The average molecular weight is 124 g/mol. The van der Waals surface area contributed by atoms with E-state index in [-0.39, 0.29) is 12.8 Å². The monoisotopic (exact) mass is 124 g/mol. The molecule has 0 spiro atoms. The summed E-state index contributed by atoms with van der Waals surface area (Å²) in [4.78, 5) is 0. The molecule has 48 valence electrons. The quantitative estimate of drug-likeness (QED) is 0.462. The number of halogens is 3. The molecule has 2 unspecified atom stereocenters. The van der Waals surface area contributed by atoms with Gasteiger partial charge in [0.1, 0.15) is 12.3 Å². The molecule has 0 aromatic rings. The Morgan fingerprint density at radius 1 is 0.875 bits per heavy atom. The van der Waals surface area contributed by atoms with Gasteiger partial charge in [0.25, 0.3) is 0 Å². The zero-order chi connectivity index (χ0) is 6.15. The Labute approximate surface area is 45.7 Å². The maximum Gasteiger partial charge on any atom is 0.162 e. The third kappa shape index (κ3) is 0.812. The van der Waals surface area contributed by atoms with Crippen molar-refractivity contribution in [3.8, 4) is 0 Å². The van der Waals surface area contributed by atoms with Crippen molar-refractivity contribution in [2.24, 2.45) is 0 Å². The minimum absolute atomic E-state index is 0.0440. The highest BCUT2D eigenvalue weighted by Crippen LogP contribution is 2.27. The summed E-state index contributed by atoms with van der Waals surface area (Å²) in [6.07, 6.45) is -4.87. The Morgan fingerprint density at radius 2 is 1.25 bits per heavy atom. The van der Waals surface area contributed by atoms with Gasteiger partial charge in [0.2, 0.25) is 0 Å². The summed E-state index contributed by atoms with van der Waals surface area (Å²) in [5.74, 6) is 0. The predicted octanol–water partition coefficient (Wildman–Crippen LogP) is 1.79. The first kappa shape index (κ1) is 5.92. The number of hydrogen-bond donors (Lipinski definition) is 0. The van der Waals surface area contributed by atoms with Crippen LogP contribution >= 0.6 is 0 Å². The molecular formula is C5H7F3. The first-order valence-electron chi connectivity index (χ1n) is 2.64. The highest BCUT2D eigenvalue weighted by atomic mass is 19.2. The van der Waals surface area contributed by atoms with Crippen LogP contribution in [0.1, 0.15) is 12.8 Å². The molecule has 1 saturated carbocycles. The van der Waals surface area contributed by atoms with Crippen LogP contribution in [0, 0.1) is 0 Å². The normalized spacial score (nSPS) is 47.6. The summed E-state index contributed by atoms with van der Waals surface area (Å²) in [5, 5.41) is 0. The minimum Gasteiger partial charge on any atom is -0.244 e. The lowest BCUT2D eigenvalue weighted by Gasteiger charge is -2.01. The van der Waals surface area contributed by atoms with Gasteiger partial charge in [-0.1, -0.05) is 0 Å². The lowest BCUT2D eigenvalue weighted by molar-refractivity contribution is 0.135. The zero-order valence-electron chi connectivity index (χ0n) is 4.28. The van der Waals surface area contributed by atoms with E-state index >= 15 is 0 Å². The molecule has 0 aliphatic heterocycles. The first-order valence-corrected chi connectivity index (χ1v) is 2.64. The van der Waals surface area contributed by atoms with Crippen molar-refractivity contribution >= 4 is 0 Å². The lowest BCUT2D eigenvalue weighted by atomic mass is 10.3. The van der Waals surface area contributed by atoms with Gasteiger partial charge in [-0.05, 0) is 12.8 Å². The molecule has 0 radical (unpaired) electrons. The van der Waals surface area contributed by atoms with Gasteiger partial charge in [-0.2, -0.15) is 0 Å². The van der Waals surface area contributed by atoms with Crippen LogP contribution in [-0.2, 0) is 0 Å². The van der Waals surface area contributed by atoms with Gasteiger partial charge >= 0.3 is 0 Å². The zero-order valence-corrected chi connectivity index (χ0v) is 4.28. The molecule has 0 N–H and O–H groups in total. The molecule has 0 aromatic carbocycles. The topological polar surface area (TPSA) is 0 Å². The van der Waals surface area contributed by atoms with E-state index in [9.17, 15) is 13.2 Å². The van der Waals surface area contributed by atoms with Crippen LogP contribution in [0.15, 0.2) is 0 Å². The fraction of sp³-hybridized carbons (Fsp3) is 1.00. The van der Waals surface area contributed by atoms with Crippen LogP contribution in [0.3, 0.4) is 0 Å². The highest BCUT2D eigenvalue weighted by Gasteiger charge is 2.36. The molecule has 1 rings (SSSR count). The van der Waals surface area contributed by atoms with Crippen molar-refractivity contribution in [3.63, 3.8) is 0 Å². The SMILES string of the molecule is FC1CCC(F)C1F. The predicted molar refractivity (Wildman–Crippen MR) is 23.9 cm³/mol. The molecule has 0 nitrogen and oxygen atoms in total. The van der Waals surface area contributed by atoms with E-state index in [0.29, 0.717) is 0 Å². The number of alkyl halides is 3. The van der Waals surface area contributed by atoms with Gasteiger partial charge in [-0.15, -0.1) is 0 Å². The van der Waals surface area contributed by atoms with Gasteiger partial charge in [-0.25, -0.2) is 13.2 Å². The molecule has 0 amide bonds. The first-order chi connectivity index (χ1) is 3.72. The van der Waals surface area contributed by atoms with Gasteiger partial charge in [-0.3, -0.25) is 0 Å². The molecule has 0 aromatic heterocycles. The molecule has 0 saturated heterocycles. The van der Waals surface area contributed by atoms with E-state index in [4.69, 9.17) is 0 Å². The van der Waals surface area contributed by atoms with E-state index in [1.165, 1.54) is 0 Å². The van der Waals surface area contributed by atoms with Crippen LogP contribution in [0.25, 0.3) is 0 Å². The average Bonchev–Trinajstić information content (AvgIpc) is 1.98. The van der Waals surface area contributed by atoms with Crippen molar-refractivity contribution in [2.75, 3.05) is 0 Å². The van der Waals surface area contributed by atoms with Crippen molar-refractivity contribution in [2.45, 2.75) is 31.4 Å². The van der Waals surface area contributed by atoms with Gasteiger partial charge in [0.05, 0.1) is 0 Å². The van der Waals surface area contributed by atoms with Crippen LogP contribution < -0.4 is 0 Å². The second-order valence-electron chi connectivity index (χ2n) is 2.05. The van der Waals surface area contributed by atoms with Crippen molar-refractivity contribution in [3.05, 3.63) is 0 Å². The Balaban J connectivity index is 2.44. The van der Waals surface area contributed by atoms with Crippen molar-refractivity contribution < 1.29 is 13.2 Å². The molecule has 0 bridgehead atoms. The summed E-state index contributed by atoms with van der Waals surface area (Å²) >= 11 is 0. The van der Waals surface area contributed by atoms with E-state index in [2.05, 4.69) is 0 Å². The smallest absolute Gasteiger partial charge is 0.162 e. The second-order valence-corrected chi connectivity index (χ2v) is 2.05. The highest BCUT2D eigenvalue weighted by molar-refractivity contribution is 4.84. The van der Waals surface area contributed by atoms with Crippen LogP contribution in [0.2, 0.25) is 0 Å². The third-order valence-corrected chi connectivity index (χ3v) is 1.41. The summed E-state index contributed by atoms with van der Waals surface area (Å²) < 4.78 is 35.9. The molecule has 1 fully saturated rings. The van der Waals surface area contributed by atoms with Crippen LogP contribution in [-0.4, -0.2) is 18.5 Å². The maximum absolute atomic E-state index is 12.0. The summed E-state index contributed by atoms with van der Waals surface area (Å²) in [6.45, 7) is 0. The Hall–Kier alpha value is -0.210. The fourth-order valence-corrected chi connectivity index (χ4v) is 0.863. The Morgan fingerprint density at radius 3 is 1.38 bits per heavy atom. The maximum atomic E-state index is 12.0. The fourth-order valence-electron chi connectivity index (χ4n) is 0.863. The molecule has 1 aliphatic rings.